The molecule has 3 saturated carbocycles. The van der Waals surface area contributed by atoms with E-state index in [-0.39, 0.29) is 0 Å². The Hall–Kier alpha value is -0.0800. The van der Waals surface area contributed by atoms with Crippen molar-refractivity contribution in [3.8, 4) is 0 Å². The molecular weight excluding hydrogens is 258 g/mol. The molecule has 0 radical (unpaired) electrons. The van der Waals surface area contributed by atoms with Crippen LogP contribution in [0.3, 0.4) is 0 Å². The Labute approximate surface area is 131 Å². The van der Waals surface area contributed by atoms with Crippen molar-refractivity contribution in [2.45, 2.75) is 96.1 Å². The molecule has 2 unspecified atom stereocenters. The van der Waals surface area contributed by atoms with Gasteiger partial charge in [0.15, 0.2) is 0 Å². The summed E-state index contributed by atoms with van der Waals surface area (Å²) in [5, 5.41) is 3.76. The standard InChI is InChI=1S/C19H35NO/c1-2-20-17-14-18(19(17)12-8-3-4-9-13-19)21-15-16-10-6-5-7-11-16/h16-18,20H,2-15H2,1H3. The molecule has 2 heteroatoms. The fourth-order valence-corrected chi connectivity index (χ4v) is 5.18. The smallest absolute Gasteiger partial charge is 0.0661 e. The van der Waals surface area contributed by atoms with Gasteiger partial charge >= 0.3 is 0 Å². The Morgan fingerprint density at radius 2 is 1.62 bits per heavy atom. The minimum absolute atomic E-state index is 0.487. The normalized spacial score (nSPS) is 33.6. The van der Waals surface area contributed by atoms with Gasteiger partial charge < -0.3 is 10.1 Å². The molecule has 1 spiro atoms. The maximum absolute atomic E-state index is 6.50. The SMILES string of the molecule is CCNC1CC(OCC2CCCCC2)C12CCCCCC2. The van der Waals surface area contributed by atoms with E-state index in [1.54, 1.807) is 0 Å². The van der Waals surface area contributed by atoms with Gasteiger partial charge in [-0.05, 0) is 44.6 Å². The molecule has 0 heterocycles. The summed E-state index contributed by atoms with van der Waals surface area (Å²) in [5.74, 6) is 0.861. The van der Waals surface area contributed by atoms with E-state index in [9.17, 15) is 0 Å². The molecule has 0 bridgehead atoms. The zero-order valence-electron chi connectivity index (χ0n) is 14.0. The number of rotatable bonds is 5. The second-order valence-electron chi connectivity index (χ2n) is 7.82. The van der Waals surface area contributed by atoms with Gasteiger partial charge in [0.2, 0.25) is 0 Å². The number of ether oxygens (including phenoxy) is 1. The lowest BCUT2D eigenvalue weighted by molar-refractivity contribution is -0.151. The van der Waals surface area contributed by atoms with E-state index in [0.717, 1.165) is 25.1 Å². The topological polar surface area (TPSA) is 21.3 Å². The van der Waals surface area contributed by atoms with Gasteiger partial charge in [0, 0.05) is 18.1 Å². The highest BCUT2D eigenvalue weighted by Crippen LogP contribution is 2.52. The highest BCUT2D eigenvalue weighted by molar-refractivity contribution is 5.08. The molecule has 0 aliphatic heterocycles. The summed E-state index contributed by atoms with van der Waals surface area (Å²) in [5.41, 5.74) is 0.487. The molecule has 21 heavy (non-hydrogen) atoms. The van der Waals surface area contributed by atoms with Crippen LogP contribution in [0.4, 0.5) is 0 Å². The second-order valence-corrected chi connectivity index (χ2v) is 7.82. The van der Waals surface area contributed by atoms with Crippen LogP contribution in [0.2, 0.25) is 0 Å². The van der Waals surface area contributed by atoms with Crippen LogP contribution in [0, 0.1) is 11.3 Å². The largest absolute Gasteiger partial charge is 0.377 e. The highest BCUT2D eigenvalue weighted by Gasteiger charge is 2.54. The minimum atomic E-state index is 0.487. The van der Waals surface area contributed by atoms with E-state index in [2.05, 4.69) is 12.2 Å². The highest BCUT2D eigenvalue weighted by atomic mass is 16.5. The first-order valence-electron chi connectivity index (χ1n) is 9.70. The van der Waals surface area contributed by atoms with Gasteiger partial charge in [0.1, 0.15) is 0 Å². The van der Waals surface area contributed by atoms with E-state index >= 15 is 0 Å². The Kier molecular flexibility index (Phi) is 5.61. The summed E-state index contributed by atoms with van der Waals surface area (Å²) in [6, 6.07) is 0.733. The van der Waals surface area contributed by atoms with E-state index in [0.29, 0.717) is 11.5 Å². The van der Waals surface area contributed by atoms with Crippen LogP contribution >= 0.6 is 0 Å². The fraction of sp³-hybridized carbons (Fsp3) is 1.00. The lowest BCUT2D eigenvalue weighted by atomic mass is 9.57. The van der Waals surface area contributed by atoms with Gasteiger partial charge in [-0.1, -0.05) is 51.9 Å². The van der Waals surface area contributed by atoms with Crippen LogP contribution in [-0.4, -0.2) is 25.3 Å². The van der Waals surface area contributed by atoms with Crippen LogP contribution in [0.1, 0.15) is 84.0 Å². The lowest BCUT2D eigenvalue weighted by Gasteiger charge is -2.56. The first kappa shape index (κ1) is 15.8. The third-order valence-corrected chi connectivity index (χ3v) is 6.53. The van der Waals surface area contributed by atoms with Crippen molar-refractivity contribution in [3.63, 3.8) is 0 Å². The van der Waals surface area contributed by atoms with Gasteiger partial charge in [-0.3, -0.25) is 0 Å². The van der Waals surface area contributed by atoms with Gasteiger partial charge in [0.05, 0.1) is 6.10 Å². The third-order valence-electron chi connectivity index (χ3n) is 6.53. The molecule has 0 aromatic rings. The molecule has 3 aliphatic carbocycles. The lowest BCUT2D eigenvalue weighted by Crippen LogP contribution is -2.63. The molecule has 0 amide bonds. The van der Waals surface area contributed by atoms with Crippen molar-refractivity contribution >= 4 is 0 Å². The molecule has 2 atom stereocenters. The Balaban J connectivity index is 1.55. The van der Waals surface area contributed by atoms with Crippen LogP contribution in [0.5, 0.6) is 0 Å². The van der Waals surface area contributed by atoms with E-state index < -0.39 is 0 Å². The van der Waals surface area contributed by atoms with Crippen molar-refractivity contribution in [2.24, 2.45) is 11.3 Å². The average Bonchev–Trinajstić information content (AvgIpc) is 2.79. The second kappa shape index (κ2) is 7.46. The first-order chi connectivity index (χ1) is 10.3. The van der Waals surface area contributed by atoms with Crippen molar-refractivity contribution < 1.29 is 4.74 Å². The monoisotopic (exact) mass is 293 g/mol. The van der Waals surface area contributed by atoms with E-state index in [1.807, 2.05) is 0 Å². The molecule has 122 valence electrons. The number of hydrogen-bond acceptors (Lipinski definition) is 2. The molecular formula is C19H35NO. The van der Waals surface area contributed by atoms with Crippen molar-refractivity contribution in [1.82, 2.24) is 5.32 Å². The average molecular weight is 293 g/mol. The molecule has 0 aromatic heterocycles. The maximum Gasteiger partial charge on any atom is 0.0661 e. The first-order valence-corrected chi connectivity index (χ1v) is 9.70. The number of nitrogens with one attached hydrogen (secondary N) is 1. The molecule has 3 aliphatic rings. The summed E-state index contributed by atoms with van der Waals surface area (Å²) in [4.78, 5) is 0. The van der Waals surface area contributed by atoms with Gasteiger partial charge in [-0.15, -0.1) is 0 Å². The summed E-state index contributed by atoms with van der Waals surface area (Å²) < 4.78 is 6.50. The summed E-state index contributed by atoms with van der Waals surface area (Å²) in [7, 11) is 0. The van der Waals surface area contributed by atoms with Crippen molar-refractivity contribution in [3.05, 3.63) is 0 Å². The van der Waals surface area contributed by atoms with Crippen LogP contribution in [0.15, 0.2) is 0 Å². The minimum Gasteiger partial charge on any atom is -0.377 e. The van der Waals surface area contributed by atoms with Crippen molar-refractivity contribution in [1.29, 1.82) is 0 Å². The molecule has 0 aromatic carbocycles. The Morgan fingerprint density at radius 1 is 0.952 bits per heavy atom. The quantitative estimate of drug-likeness (QED) is 0.795. The maximum atomic E-state index is 6.50. The summed E-state index contributed by atoms with van der Waals surface area (Å²) in [6.45, 7) is 4.41. The van der Waals surface area contributed by atoms with Crippen LogP contribution < -0.4 is 5.32 Å². The van der Waals surface area contributed by atoms with Gasteiger partial charge in [-0.2, -0.15) is 0 Å². The molecule has 1 N–H and O–H groups in total. The predicted molar refractivity (Wildman–Crippen MR) is 88.5 cm³/mol. The van der Waals surface area contributed by atoms with Crippen molar-refractivity contribution in [2.75, 3.05) is 13.2 Å². The third kappa shape index (κ3) is 3.47. The zero-order chi connectivity index (χ0) is 14.5. The zero-order valence-corrected chi connectivity index (χ0v) is 14.0. The van der Waals surface area contributed by atoms with Crippen LogP contribution in [-0.2, 0) is 4.74 Å². The summed E-state index contributed by atoms with van der Waals surface area (Å²) in [6.07, 6.45) is 17.5. The predicted octanol–water partition coefficient (Wildman–Crippen LogP) is 4.67. The van der Waals surface area contributed by atoms with Crippen LogP contribution in [0.25, 0.3) is 0 Å². The Bertz CT molecular complexity index is 303. The van der Waals surface area contributed by atoms with Gasteiger partial charge in [-0.25, -0.2) is 0 Å². The molecule has 3 rings (SSSR count). The molecule has 2 nitrogen and oxygen atoms in total. The van der Waals surface area contributed by atoms with Gasteiger partial charge in [0.25, 0.3) is 0 Å². The molecule has 0 saturated heterocycles. The van der Waals surface area contributed by atoms with E-state index in [1.165, 1.54) is 77.0 Å². The summed E-state index contributed by atoms with van der Waals surface area (Å²) >= 11 is 0. The fourth-order valence-electron chi connectivity index (χ4n) is 5.18. The number of hydrogen-bond donors (Lipinski definition) is 1. The Morgan fingerprint density at radius 3 is 2.29 bits per heavy atom. The van der Waals surface area contributed by atoms with E-state index in [4.69, 9.17) is 4.74 Å². The molecule has 3 fully saturated rings.